The number of hydrogen-bond donors (Lipinski definition) is 1. The molecule has 1 saturated heterocycles. The average molecular weight is 452 g/mol. The summed E-state index contributed by atoms with van der Waals surface area (Å²) in [5, 5.41) is 5.82. The van der Waals surface area contributed by atoms with Gasteiger partial charge in [0.2, 0.25) is 0 Å². The molecule has 0 bridgehead atoms. The number of hydrogen-bond acceptors (Lipinski definition) is 4. The van der Waals surface area contributed by atoms with E-state index in [1.165, 1.54) is 34.9 Å². The Balaban J connectivity index is 0.000000383. The lowest BCUT2D eigenvalue weighted by molar-refractivity contribution is -0.138. The van der Waals surface area contributed by atoms with Crippen LogP contribution in [0.4, 0.5) is 4.39 Å². The van der Waals surface area contributed by atoms with Crippen molar-refractivity contribution in [1.82, 2.24) is 5.32 Å². The minimum Gasteiger partial charge on any atom is -0.462 e. The molecular weight excluding hydrogens is 417 g/mol. The van der Waals surface area contributed by atoms with E-state index in [1.807, 2.05) is 32.9 Å². The van der Waals surface area contributed by atoms with Gasteiger partial charge in [0.05, 0.1) is 12.7 Å². The molecule has 4 nitrogen and oxygen atoms in total. The first-order chi connectivity index (χ1) is 15.8. The molecule has 176 valence electrons. The van der Waals surface area contributed by atoms with Gasteiger partial charge in [0.1, 0.15) is 11.4 Å². The van der Waals surface area contributed by atoms with Crippen molar-refractivity contribution in [2.24, 2.45) is 0 Å². The highest BCUT2D eigenvalue weighted by Crippen LogP contribution is 2.33. The molecule has 5 heteroatoms. The summed E-state index contributed by atoms with van der Waals surface area (Å²) in [7, 11) is 0. The minimum absolute atomic E-state index is 0.209. The molecule has 4 rings (SSSR count). The molecule has 0 amide bonds. The van der Waals surface area contributed by atoms with Gasteiger partial charge in [-0.25, -0.2) is 4.39 Å². The van der Waals surface area contributed by atoms with Crippen LogP contribution < -0.4 is 5.32 Å². The molecule has 0 aliphatic carbocycles. The molecular formula is C28H34FNO3. The highest BCUT2D eigenvalue weighted by molar-refractivity contribution is 5.99. The maximum Gasteiger partial charge on any atom is 0.293 e. The van der Waals surface area contributed by atoms with Gasteiger partial charge in [0.25, 0.3) is 6.47 Å². The van der Waals surface area contributed by atoms with Crippen LogP contribution in [0.15, 0.2) is 54.6 Å². The molecule has 0 aromatic heterocycles. The highest BCUT2D eigenvalue weighted by Gasteiger charge is 2.14. The fourth-order valence-corrected chi connectivity index (χ4v) is 3.94. The second-order valence-electron chi connectivity index (χ2n) is 9.43. The zero-order valence-electron chi connectivity index (χ0n) is 20.0. The van der Waals surface area contributed by atoms with E-state index in [0.717, 1.165) is 36.2 Å². The van der Waals surface area contributed by atoms with Crippen molar-refractivity contribution in [2.45, 2.75) is 58.8 Å². The number of fused-ring (bicyclic) bond motifs is 1. The molecule has 0 spiro atoms. The number of piperidine rings is 1. The van der Waals surface area contributed by atoms with Crippen LogP contribution in [-0.4, -0.2) is 31.3 Å². The molecule has 3 aromatic rings. The fourth-order valence-electron chi connectivity index (χ4n) is 3.94. The van der Waals surface area contributed by atoms with Gasteiger partial charge in [0.15, 0.2) is 0 Å². The predicted octanol–water partition coefficient (Wildman–Crippen LogP) is 6.18. The van der Waals surface area contributed by atoms with Gasteiger partial charge in [-0.3, -0.25) is 4.79 Å². The van der Waals surface area contributed by atoms with Crippen molar-refractivity contribution in [3.05, 3.63) is 71.5 Å². The summed E-state index contributed by atoms with van der Waals surface area (Å²) in [4.78, 5) is 9.60. The molecule has 0 radical (unpaired) electrons. The van der Waals surface area contributed by atoms with Gasteiger partial charge in [-0.15, -0.1) is 0 Å². The number of halogens is 1. The van der Waals surface area contributed by atoms with Gasteiger partial charge < -0.3 is 14.8 Å². The number of carbonyl (C=O) groups is 1. The first-order valence-corrected chi connectivity index (χ1v) is 11.5. The van der Waals surface area contributed by atoms with Crippen LogP contribution in [0.1, 0.15) is 44.7 Å². The van der Waals surface area contributed by atoms with E-state index in [2.05, 4.69) is 47.3 Å². The van der Waals surface area contributed by atoms with Gasteiger partial charge in [-0.2, -0.15) is 0 Å². The number of rotatable bonds is 5. The number of carbonyl (C=O) groups excluding carboxylic acids is 1. The van der Waals surface area contributed by atoms with E-state index in [9.17, 15) is 9.18 Å². The Labute approximate surface area is 196 Å². The van der Waals surface area contributed by atoms with Crippen LogP contribution in [0.2, 0.25) is 0 Å². The lowest BCUT2D eigenvalue weighted by Crippen LogP contribution is -2.35. The Bertz CT molecular complexity index is 1050. The fraction of sp³-hybridized carbons (Fsp3) is 0.393. The molecule has 1 unspecified atom stereocenters. The second-order valence-corrected chi connectivity index (χ2v) is 9.43. The standard InChI is InChI=1S/C23H24FNO.C5H10O2/c1-16-4-2-5-19-12-17(15-26-21-6-3-11-25-14-21)13-22(23(16)19)18-7-9-20(24)10-8-18;1-5(2,3)7-4-6/h2,4-5,7-10,12-13,21,25H,3,6,11,14-15H2,1H3;4H,1-3H3. The third kappa shape index (κ3) is 7.37. The van der Waals surface area contributed by atoms with E-state index >= 15 is 0 Å². The number of nitrogens with one attached hydrogen (secondary N) is 1. The summed E-state index contributed by atoms with van der Waals surface area (Å²) in [6, 6.07) is 17.5. The van der Waals surface area contributed by atoms with Crippen LogP contribution >= 0.6 is 0 Å². The number of aryl methyl sites for hydroxylation is 1. The van der Waals surface area contributed by atoms with Gasteiger partial charge in [-0.05, 0) is 104 Å². The van der Waals surface area contributed by atoms with Crippen LogP contribution in [0.3, 0.4) is 0 Å². The highest BCUT2D eigenvalue weighted by atomic mass is 19.1. The molecule has 33 heavy (non-hydrogen) atoms. The Kier molecular flexibility index (Phi) is 8.59. The van der Waals surface area contributed by atoms with Crippen molar-refractivity contribution in [1.29, 1.82) is 0 Å². The largest absolute Gasteiger partial charge is 0.462 e. The van der Waals surface area contributed by atoms with E-state index < -0.39 is 0 Å². The van der Waals surface area contributed by atoms with Crippen LogP contribution in [-0.2, 0) is 20.9 Å². The second kappa shape index (κ2) is 11.4. The van der Waals surface area contributed by atoms with E-state index in [1.54, 1.807) is 0 Å². The van der Waals surface area contributed by atoms with E-state index in [4.69, 9.17) is 4.74 Å². The Morgan fingerprint density at radius 3 is 2.48 bits per heavy atom. The molecule has 1 heterocycles. The first kappa shape index (κ1) is 24.9. The van der Waals surface area contributed by atoms with Gasteiger partial charge in [-0.1, -0.05) is 30.3 Å². The third-order valence-electron chi connectivity index (χ3n) is 5.54. The van der Waals surface area contributed by atoms with E-state index in [0.29, 0.717) is 13.1 Å². The molecule has 3 aromatic carbocycles. The Hall–Kier alpha value is -2.76. The van der Waals surface area contributed by atoms with Crippen molar-refractivity contribution >= 4 is 17.2 Å². The van der Waals surface area contributed by atoms with Crippen LogP contribution in [0.25, 0.3) is 21.9 Å². The van der Waals surface area contributed by atoms with E-state index in [-0.39, 0.29) is 17.5 Å². The summed E-state index contributed by atoms with van der Waals surface area (Å²) >= 11 is 0. The monoisotopic (exact) mass is 451 g/mol. The van der Waals surface area contributed by atoms with Crippen molar-refractivity contribution in [3.63, 3.8) is 0 Å². The topological polar surface area (TPSA) is 47.6 Å². The lowest BCUT2D eigenvalue weighted by Gasteiger charge is -2.23. The molecule has 1 aliphatic rings. The first-order valence-electron chi connectivity index (χ1n) is 11.5. The summed E-state index contributed by atoms with van der Waals surface area (Å²) < 4.78 is 24.1. The normalized spacial score (nSPS) is 16.1. The smallest absolute Gasteiger partial charge is 0.293 e. The Morgan fingerprint density at radius 1 is 1.12 bits per heavy atom. The number of benzene rings is 3. The van der Waals surface area contributed by atoms with Gasteiger partial charge >= 0.3 is 0 Å². The van der Waals surface area contributed by atoms with Crippen LogP contribution in [0, 0.1) is 12.7 Å². The average Bonchev–Trinajstić information content (AvgIpc) is 2.78. The minimum atomic E-state index is -0.318. The molecule has 0 saturated carbocycles. The third-order valence-corrected chi connectivity index (χ3v) is 5.54. The predicted molar refractivity (Wildman–Crippen MR) is 132 cm³/mol. The molecule has 1 N–H and O–H groups in total. The van der Waals surface area contributed by atoms with Crippen LogP contribution in [0.5, 0.6) is 0 Å². The zero-order valence-corrected chi connectivity index (χ0v) is 20.0. The SMILES string of the molecule is CC(C)(C)OC=O.Cc1cccc2cc(COC3CCCNC3)cc(-c3ccc(F)cc3)c12. The molecule has 1 aliphatic heterocycles. The summed E-state index contributed by atoms with van der Waals surface area (Å²) in [6.45, 7) is 10.7. The molecule has 1 fully saturated rings. The maximum absolute atomic E-state index is 13.4. The number of ether oxygens (including phenoxy) is 2. The van der Waals surface area contributed by atoms with Crippen molar-refractivity contribution in [3.8, 4) is 11.1 Å². The summed E-state index contributed by atoms with van der Waals surface area (Å²) in [6.07, 6.45) is 2.57. The quantitative estimate of drug-likeness (QED) is 0.471. The Morgan fingerprint density at radius 2 is 1.88 bits per heavy atom. The molecule has 1 atom stereocenters. The van der Waals surface area contributed by atoms with Crippen molar-refractivity contribution < 1.29 is 18.7 Å². The lowest BCUT2D eigenvalue weighted by atomic mass is 9.93. The summed E-state index contributed by atoms with van der Waals surface area (Å²) in [5.41, 5.74) is 4.24. The zero-order chi connectivity index (χ0) is 23.8. The van der Waals surface area contributed by atoms with Crippen molar-refractivity contribution in [2.75, 3.05) is 13.1 Å². The van der Waals surface area contributed by atoms with Gasteiger partial charge in [0, 0.05) is 6.54 Å². The summed E-state index contributed by atoms with van der Waals surface area (Å²) in [5.74, 6) is -0.209. The maximum atomic E-state index is 13.4.